The molecule has 6 atom stereocenters. The van der Waals surface area contributed by atoms with Crippen molar-refractivity contribution in [2.75, 3.05) is 20.1 Å². The van der Waals surface area contributed by atoms with Crippen LogP contribution in [0.1, 0.15) is 57.7 Å². The minimum atomic E-state index is -1.51. The molecule has 2 aromatic rings. The van der Waals surface area contributed by atoms with Crippen molar-refractivity contribution in [3.63, 3.8) is 0 Å². The van der Waals surface area contributed by atoms with Gasteiger partial charge in [-0.3, -0.25) is 9.59 Å². The first-order valence-electron chi connectivity index (χ1n) is 15.8. The van der Waals surface area contributed by atoms with Crippen molar-refractivity contribution >= 4 is 58.0 Å². The Labute approximate surface area is 288 Å². The summed E-state index contributed by atoms with van der Waals surface area (Å²) in [6.45, 7) is 7.84. The summed E-state index contributed by atoms with van der Waals surface area (Å²) in [6, 6.07) is 13.1. The zero-order chi connectivity index (χ0) is 33.9. The number of alkyl halides is 1. The second-order valence-corrected chi connectivity index (χ2v) is 15.1. The van der Waals surface area contributed by atoms with Crippen LogP contribution in [0.15, 0.2) is 64.1 Å². The Morgan fingerprint density at radius 2 is 1.66 bits per heavy atom. The number of amides is 3. The molecule has 0 aliphatic carbocycles. The molecule has 3 amide bonds. The lowest BCUT2D eigenvalue weighted by molar-refractivity contribution is -0.142. The highest BCUT2D eigenvalue weighted by atomic mass is 35.5. The predicted octanol–water partition coefficient (Wildman–Crippen LogP) is 6.77. The van der Waals surface area contributed by atoms with E-state index < -0.39 is 29.9 Å². The SMILES string of the molecule is CC(C)C1=C(C(=O)N2[C@H](C)CC[C@H]2C(=O)N2CC(F)C(N(C)C(=O)O)C2)SC2=N[C@@](C)(c3ccc(Cl)cc3)[C@@H](c3ccc(Cl)cc3)N21. The number of amidine groups is 1. The Kier molecular flexibility index (Phi) is 9.04. The highest BCUT2D eigenvalue weighted by Gasteiger charge is 2.55. The highest BCUT2D eigenvalue weighted by molar-refractivity contribution is 8.18. The number of carbonyl (C=O) groups is 3. The van der Waals surface area contributed by atoms with Crippen LogP contribution in [-0.2, 0) is 15.1 Å². The minimum absolute atomic E-state index is 0.0545. The zero-order valence-corrected chi connectivity index (χ0v) is 29.2. The fourth-order valence-corrected chi connectivity index (χ4v) is 9.00. The van der Waals surface area contributed by atoms with E-state index in [-0.39, 0.29) is 42.9 Å². The molecule has 0 radical (unpaired) electrons. The molecule has 2 aromatic carbocycles. The maximum absolute atomic E-state index is 14.9. The fraction of sp³-hybridized carbons (Fsp3) is 0.471. The van der Waals surface area contributed by atoms with Gasteiger partial charge in [0, 0.05) is 35.4 Å². The van der Waals surface area contributed by atoms with E-state index in [4.69, 9.17) is 28.2 Å². The summed E-state index contributed by atoms with van der Waals surface area (Å²) >= 11 is 13.9. The largest absolute Gasteiger partial charge is 0.465 e. The van der Waals surface area contributed by atoms with Crippen molar-refractivity contribution in [1.29, 1.82) is 0 Å². The van der Waals surface area contributed by atoms with Gasteiger partial charge in [-0.1, -0.05) is 61.3 Å². The molecular weight excluding hydrogens is 664 g/mol. The van der Waals surface area contributed by atoms with Gasteiger partial charge in [-0.25, -0.2) is 14.2 Å². The van der Waals surface area contributed by atoms with E-state index in [1.165, 1.54) is 23.7 Å². The number of hydrogen-bond acceptors (Lipinski definition) is 6. The summed E-state index contributed by atoms with van der Waals surface area (Å²) in [5, 5.41) is 11.3. The number of hydrogen-bond donors (Lipinski definition) is 1. The van der Waals surface area contributed by atoms with Crippen LogP contribution in [0, 0.1) is 5.92 Å². The van der Waals surface area contributed by atoms with Crippen LogP contribution in [0.25, 0.3) is 0 Å². The molecule has 4 aliphatic rings. The number of thioether (sulfide) groups is 1. The monoisotopic (exact) mass is 701 g/mol. The molecule has 2 saturated heterocycles. The number of halogens is 3. The van der Waals surface area contributed by atoms with Crippen molar-refractivity contribution in [1.82, 2.24) is 19.6 Å². The number of fused-ring (bicyclic) bond motifs is 1. The van der Waals surface area contributed by atoms with E-state index in [2.05, 4.69) is 11.8 Å². The van der Waals surface area contributed by atoms with Gasteiger partial charge in [0.05, 0.1) is 18.6 Å². The number of likely N-dealkylation sites (N-methyl/N-ethyl adjacent to an activating group) is 1. The van der Waals surface area contributed by atoms with Crippen LogP contribution >= 0.6 is 35.0 Å². The van der Waals surface area contributed by atoms with Gasteiger partial charge in [0.1, 0.15) is 22.7 Å². The van der Waals surface area contributed by atoms with E-state index in [9.17, 15) is 23.9 Å². The normalized spacial score (nSPS) is 28.7. The van der Waals surface area contributed by atoms with Crippen molar-refractivity contribution < 1.29 is 23.9 Å². The number of carboxylic acid groups (broad SMARTS) is 1. The molecule has 47 heavy (non-hydrogen) atoms. The second kappa shape index (κ2) is 12.6. The Balaban J connectivity index is 1.35. The average Bonchev–Trinajstić information content (AvgIpc) is 3.77. The first kappa shape index (κ1) is 33.6. The Bertz CT molecular complexity index is 1650. The van der Waals surface area contributed by atoms with Crippen LogP contribution in [0.2, 0.25) is 10.0 Å². The molecule has 13 heteroatoms. The molecule has 4 aliphatic heterocycles. The maximum Gasteiger partial charge on any atom is 0.407 e. The molecule has 9 nitrogen and oxygen atoms in total. The topological polar surface area (TPSA) is 96.8 Å². The highest BCUT2D eigenvalue weighted by Crippen LogP contribution is 2.56. The third kappa shape index (κ3) is 5.78. The Morgan fingerprint density at radius 1 is 1.04 bits per heavy atom. The van der Waals surface area contributed by atoms with Crippen LogP contribution in [-0.4, -0.2) is 92.2 Å². The number of likely N-dealkylation sites (tertiary alicyclic amines) is 2. The molecule has 6 rings (SSSR count). The molecular formula is C34H38Cl2FN5O4S. The lowest BCUT2D eigenvalue weighted by Crippen LogP contribution is -2.50. The smallest absolute Gasteiger partial charge is 0.407 e. The minimum Gasteiger partial charge on any atom is -0.465 e. The lowest BCUT2D eigenvalue weighted by Gasteiger charge is -2.37. The molecule has 2 unspecified atom stereocenters. The van der Waals surface area contributed by atoms with Crippen molar-refractivity contribution in [2.24, 2.45) is 10.9 Å². The van der Waals surface area contributed by atoms with Crippen LogP contribution in [0.3, 0.4) is 0 Å². The van der Waals surface area contributed by atoms with Crippen molar-refractivity contribution in [2.45, 2.75) is 76.4 Å². The molecule has 0 spiro atoms. The van der Waals surface area contributed by atoms with Crippen LogP contribution in [0.4, 0.5) is 9.18 Å². The molecule has 0 saturated carbocycles. The van der Waals surface area contributed by atoms with E-state index in [1.807, 2.05) is 69.3 Å². The van der Waals surface area contributed by atoms with Gasteiger partial charge in [0.25, 0.3) is 5.91 Å². The van der Waals surface area contributed by atoms with Gasteiger partial charge in [-0.05, 0) is 79.8 Å². The van der Waals surface area contributed by atoms with E-state index in [1.54, 1.807) is 4.90 Å². The van der Waals surface area contributed by atoms with Gasteiger partial charge in [0.2, 0.25) is 5.91 Å². The molecule has 0 aromatic heterocycles. The van der Waals surface area contributed by atoms with E-state index in [0.29, 0.717) is 33.0 Å². The van der Waals surface area contributed by atoms with Gasteiger partial charge in [-0.2, -0.15) is 0 Å². The summed E-state index contributed by atoms with van der Waals surface area (Å²) in [5.41, 5.74) is 2.07. The van der Waals surface area contributed by atoms with Crippen molar-refractivity contribution in [3.8, 4) is 0 Å². The summed E-state index contributed by atoms with van der Waals surface area (Å²) in [4.78, 5) is 51.9. The van der Waals surface area contributed by atoms with Gasteiger partial charge < -0.3 is 24.7 Å². The summed E-state index contributed by atoms with van der Waals surface area (Å²) in [5.74, 6) is -0.673. The molecule has 0 bridgehead atoms. The fourth-order valence-electron chi connectivity index (χ4n) is 7.40. The van der Waals surface area contributed by atoms with Gasteiger partial charge in [-0.15, -0.1) is 0 Å². The summed E-state index contributed by atoms with van der Waals surface area (Å²) < 4.78 is 14.9. The molecule has 1 N–H and O–H groups in total. The molecule has 250 valence electrons. The maximum atomic E-state index is 14.9. The molecule has 2 fully saturated rings. The standard InChI is InChI=1S/C34H38Cl2FN5O4S/c1-18(2)27-28(31(44)41-19(3)6-15-25(41)30(43)40-16-24(37)26(17-40)39(5)33(45)46)47-32-38-34(4,21-9-13-23(36)14-10-21)29(42(27)32)20-7-11-22(35)12-8-20/h7-14,18-19,24-26,29H,6,15-17H2,1-5H3,(H,45,46)/t19-,24?,25+,26?,29-,34+/m1/s1. The number of aliphatic imine (C=N–C) groups is 1. The van der Waals surface area contributed by atoms with E-state index in [0.717, 1.165) is 21.7 Å². The van der Waals surface area contributed by atoms with Gasteiger partial charge in [0.15, 0.2) is 5.17 Å². The molecule has 4 heterocycles. The number of nitrogens with zero attached hydrogens (tertiary/aromatic N) is 5. The van der Waals surface area contributed by atoms with Crippen LogP contribution in [0.5, 0.6) is 0 Å². The first-order chi connectivity index (χ1) is 22.2. The Hall–Kier alpha value is -3.28. The number of allylic oxidation sites excluding steroid dienone is 1. The number of rotatable bonds is 6. The van der Waals surface area contributed by atoms with E-state index >= 15 is 0 Å². The third-order valence-electron chi connectivity index (χ3n) is 9.88. The first-order valence-corrected chi connectivity index (χ1v) is 17.3. The average molecular weight is 703 g/mol. The third-order valence-corrected chi connectivity index (χ3v) is 11.4. The number of benzene rings is 2. The van der Waals surface area contributed by atoms with Crippen LogP contribution < -0.4 is 0 Å². The summed E-state index contributed by atoms with van der Waals surface area (Å²) in [7, 11) is 1.31. The number of carbonyl (C=O) groups excluding carboxylic acids is 2. The zero-order valence-electron chi connectivity index (χ0n) is 26.9. The van der Waals surface area contributed by atoms with Crippen molar-refractivity contribution in [3.05, 3.63) is 80.3 Å². The van der Waals surface area contributed by atoms with Gasteiger partial charge >= 0.3 is 6.09 Å². The summed E-state index contributed by atoms with van der Waals surface area (Å²) in [6.07, 6.45) is -1.69. The lowest BCUT2D eigenvalue weighted by atomic mass is 9.81. The quantitative estimate of drug-likeness (QED) is 0.357. The predicted molar refractivity (Wildman–Crippen MR) is 182 cm³/mol. The second-order valence-electron chi connectivity index (χ2n) is 13.2. The Morgan fingerprint density at radius 3 is 2.26 bits per heavy atom.